The van der Waals surface area contributed by atoms with Gasteiger partial charge in [0.15, 0.2) is 0 Å². The molecular formula is C11H20N4O. The molecule has 2 atom stereocenters. The van der Waals surface area contributed by atoms with Gasteiger partial charge in [0.05, 0.1) is 25.0 Å². The van der Waals surface area contributed by atoms with Crippen LogP contribution in [0.1, 0.15) is 13.3 Å². The average Bonchev–Trinajstić information content (AvgIpc) is 2.77. The second-order valence-electron chi connectivity index (χ2n) is 4.58. The molecule has 0 amide bonds. The number of aromatic nitrogens is 2. The number of rotatable bonds is 4. The third-order valence-electron chi connectivity index (χ3n) is 3.22. The Bertz CT molecular complexity index is 328. The molecule has 2 unspecified atom stereocenters. The average molecular weight is 224 g/mol. The number of nitrogens with one attached hydrogen (secondary N) is 1. The van der Waals surface area contributed by atoms with E-state index in [4.69, 9.17) is 5.11 Å². The minimum atomic E-state index is 0.129. The molecule has 2 N–H and O–H groups in total. The third kappa shape index (κ3) is 2.54. The van der Waals surface area contributed by atoms with E-state index in [1.165, 1.54) is 6.42 Å². The molecule has 2 heterocycles. The molecule has 1 aliphatic rings. The maximum absolute atomic E-state index is 8.79. The smallest absolute Gasteiger partial charge is 0.0729 e. The Balaban J connectivity index is 1.89. The molecule has 1 aromatic heterocycles. The Morgan fingerprint density at radius 2 is 2.44 bits per heavy atom. The summed E-state index contributed by atoms with van der Waals surface area (Å²) in [6, 6.07) is 1.15. The van der Waals surface area contributed by atoms with E-state index >= 15 is 0 Å². The van der Waals surface area contributed by atoms with E-state index in [0.717, 1.165) is 12.2 Å². The highest BCUT2D eigenvalue weighted by atomic mass is 16.3. The van der Waals surface area contributed by atoms with E-state index in [-0.39, 0.29) is 6.61 Å². The quantitative estimate of drug-likeness (QED) is 0.776. The molecule has 0 spiro atoms. The first-order valence-corrected chi connectivity index (χ1v) is 5.79. The van der Waals surface area contributed by atoms with Crippen LogP contribution in [-0.2, 0) is 6.54 Å². The van der Waals surface area contributed by atoms with Crippen molar-refractivity contribution in [1.82, 2.24) is 14.7 Å². The van der Waals surface area contributed by atoms with Crippen LogP contribution in [0.25, 0.3) is 0 Å². The van der Waals surface area contributed by atoms with Crippen molar-refractivity contribution in [2.24, 2.45) is 0 Å². The zero-order chi connectivity index (χ0) is 11.5. The maximum Gasteiger partial charge on any atom is 0.0729 e. The van der Waals surface area contributed by atoms with Crippen LogP contribution in [0.5, 0.6) is 0 Å². The standard InChI is InChI=1S/C11H20N4O/c1-9-5-10(7-14(9)2)13-11-6-12-15(8-11)3-4-16/h6,8-10,13,16H,3-5,7H2,1-2H3. The van der Waals surface area contributed by atoms with Crippen molar-refractivity contribution < 1.29 is 5.11 Å². The van der Waals surface area contributed by atoms with Crippen molar-refractivity contribution in [3.05, 3.63) is 12.4 Å². The van der Waals surface area contributed by atoms with Gasteiger partial charge in [0, 0.05) is 24.8 Å². The SMILES string of the molecule is CC1CC(Nc2cnn(CCO)c2)CN1C. The van der Waals surface area contributed by atoms with Gasteiger partial charge < -0.3 is 15.3 Å². The molecular weight excluding hydrogens is 204 g/mol. The number of anilines is 1. The molecule has 1 saturated heterocycles. The normalized spacial score (nSPS) is 26.2. The Labute approximate surface area is 96.1 Å². The summed E-state index contributed by atoms with van der Waals surface area (Å²) in [7, 11) is 2.15. The van der Waals surface area contributed by atoms with Gasteiger partial charge in [-0.05, 0) is 20.4 Å². The van der Waals surface area contributed by atoms with Gasteiger partial charge in [-0.25, -0.2) is 0 Å². The second kappa shape index (κ2) is 4.84. The topological polar surface area (TPSA) is 53.3 Å². The van der Waals surface area contributed by atoms with Gasteiger partial charge in [-0.3, -0.25) is 4.68 Å². The number of aliphatic hydroxyl groups is 1. The zero-order valence-electron chi connectivity index (χ0n) is 9.93. The van der Waals surface area contributed by atoms with E-state index in [1.807, 2.05) is 12.4 Å². The Hall–Kier alpha value is -1.07. The van der Waals surface area contributed by atoms with Crippen LogP contribution in [0, 0.1) is 0 Å². The highest BCUT2D eigenvalue weighted by molar-refractivity contribution is 5.39. The second-order valence-corrected chi connectivity index (χ2v) is 4.58. The summed E-state index contributed by atoms with van der Waals surface area (Å²) in [5.74, 6) is 0. The van der Waals surface area contributed by atoms with Crippen molar-refractivity contribution in [2.75, 3.05) is 25.5 Å². The number of likely N-dealkylation sites (tertiary alicyclic amines) is 1. The monoisotopic (exact) mass is 224 g/mol. The summed E-state index contributed by atoms with van der Waals surface area (Å²) in [4.78, 5) is 2.36. The molecule has 16 heavy (non-hydrogen) atoms. The lowest BCUT2D eigenvalue weighted by molar-refractivity contribution is 0.269. The first kappa shape index (κ1) is 11.4. The fourth-order valence-electron chi connectivity index (χ4n) is 2.20. The van der Waals surface area contributed by atoms with Gasteiger partial charge in [0.1, 0.15) is 0 Å². The highest BCUT2D eigenvalue weighted by Gasteiger charge is 2.25. The molecule has 0 aromatic carbocycles. The Kier molecular flexibility index (Phi) is 3.46. The molecule has 0 saturated carbocycles. The summed E-state index contributed by atoms with van der Waals surface area (Å²) < 4.78 is 1.75. The Morgan fingerprint density at radius 3 is 3.06 bits per heavy atom. The molecule has 2 rings (SSSR count). The van der Waals surface area contributed by atoms with E-state index in [9.17, 15) is 0 Å². The fourth-order valence-corrected chi connectivity index (χ4v) is 2.20. The van der Waals surface area contributed by atoms with Crippen molar-refractivity contribution in [2.45, 2.75) is 32.0 Å². The zero-order valence-corrected chi connectivity index (χ0v) is 9.93. The summed E-state index contributed by atoms with van der Waals surface area (Å²) in [6.07, 6.45) is 4.93. The van der Waals surface area contributed by atoms with Crippen LogP contribution >= 0.6 is 0 Å². The molecule has 5 heteroatoms. The minimum absolute atomic E-state index is 0.129. The van der Waals surface area contributed by atoms with Crippen LogP contribution in [0.4, 0.5) is 5.69 Å². The molecule has 0 radical (unpaired) electrons. The van der Waals surface area contributed by atoms with Crippen molar-refractivity contribution in [3.63, 3.8) is 0 Å². The lowest BCUT2D eigenvalue weighted by Crippen LogP contribution is -2.24. The number of hydrogen-bond acceptors (Lipinski definition) is 4. The van der Waals surface area contributed by atoms with Gasteiger partial charge >= 0.3 is 0 Å². The van der Waals surface area contributed by atoms with E-state index in [1.54, 1.807) is 4.68 Å². The molecule has 0 aliphatic carbocycles. The molecule has 0 bridgehead atoms. The van der Waals surface area contributed by atoms with Gasteiger partial charge in [0.2, 0.25) is 0 Å². The molecule has 5 nitrogen and oxygen atoms in total. The summed E-state index contributed by atoms with van der Waals surface area (Å²) in [5, 5.41) is 16.4. The predicted molar refractivity (Wildman–Crippen MR) is 63.4 cm³/mol. The highest BCUT2D eigenvalue weighted by Crippen LogP contribution is 2.19. The number of hydrogen-bond donors (Lipinski definition) is 2. The van der Waals surface area contributed by atoms with Crippen molar-refractivity contribution in [1.29, 1.82) is 0 Å². The van der Waals surface area contributed by atoms with Gasteiger partial charge in [0.25, 0.3) is 0 Å². The van der Waals surface area contributed by atoms with E-state index in [2.05, 4.69) is 29.3 Å². The van der Waals surface area contributed by atoms with Gasteiger partial charge in [-0.2, -0.15) is 5.10 Å². The van der Waals surface area contributed by atoms with Crippen molar-refractivity contribution in [3.8, 4) is 0 Å². The molecule has 1 fully saturated rings. The fraction of sp³-hybridized carbons (Fsp3) is 0.727. The number of aliphatic hydroxyl groups excluding tert-OH is 1. The molecule has 90 valence electrons. The van der Waals surface area contributed by atoms with Crippen molar-refractivity contribution >= 4 is 5.69 Å². The maximum atomic E-state index is 8.79. The number of nitrogens with zero attached hydrogens (tertiary/aromatic N) is 3. The first-order valence-electron chi connectivity index (χ1n) is 5.79. The van der Waals surface area contributed by atoms with E-state index in [0.29, 0.717) is 18.6 Å². The summed E-state index contributed by atoms with van der Waals surface area (Å²) in [5.41, 5.74) is 1.04. The largest absolute Gasteiger partial charge is 0.394 e. The van der Waals surface area contributed by atoms with Crippen LogP contribution in [-0.4, -0.2) is 52.1 Å². The lowest BCUT2D eigenvalue weighted by atomic mass is 10.2. The van der Waals surface area contributed by atoms with Gasteiger partial charge in [-0.15, -0.1) is 0 Å². The molecule has 1 aromatic rings. The summed E-state index contributed by atoms with van der Waals surface area (Å²) >= 11 is 0. The van der Waals surface area contributed by atoms with Crippen LogP contribution in [0.15, 0.2) is 12.4 Å². The van der Waals surface area contributed by atoms with Gasteiger partial charge in [-0.1, -0.05) is 0 Å². The predicted octanol–water partition coefficient (Wildman–Crippen LogP) is 0.380. The summed E-state index contributed by atoms with van der Waals surface area (Å²) in [6.45, 7) is 4.01. The van der Waals surface area contributed by atoms with E-state index < -0.39 is 0 Å². The molecule has 1 aliphatic heterocycles. The first-order chi connectivity index (χ1) is 7.69. The third-order valence-corrected chi connectivity index (χ3v) is 3.22. The lowest BCUT2D eigenvalue weighted by Gasteiger charge is -2.13. The van der Waals surface area contributed by atoms with Crippen LogP contribution in [0.3, 0.4) is 0 Å². The van der Waals surface area contributed by atoms with Crippen LogP contribution in [0.2, 0.25) is 0 Å². The Morgan fingerprint density at radius 1 is 1.62 bits per heavy atom. The van der Waals surface area contributed by atoms with Crippen LogP contribution < -0.4 is 5.32 Å². The minimum Gasteiger partial charge on any atom is -0.394 e. The number of likely N-dealkylation sites (N-methyl/N-ethyl adjacent to an activating group) is 1.